The third-order valence-corrected chi connectivity index (χ3v) is 10.2. The maximum Gasteiger partial charge on any atom is 0.219 e. The largest absolute Gasteiger partial charge is 0.356 e. The molecule has 4 aromatic heterocycles. The zero-order valence-electron chi connectivity index (χ0n) is 31.0. The van der Waals surface area contributed by atoms with Crippen molar-refractivity contribution >= 4 is 5.91 Å². The van der Waals surface area contributed by atoms with Crippen LogP contribution in [0.3, 0.4) is 0 Å². The third kappa shape index (κ3) is 12.0. The van der Waals surface area contributed by atoms with Crippen LogP contribution < -0.4 is 9.88 Å². The topological polar surface area (TPSA) is 76.6 Å². The van der Waals surface area contributed by atoms with Gasteiger partial charge in [-0.3, -0.25) is 9.78 Å². The molecule has 0 aliphatic heterocycles. The molecule has 0 bridgehead atoms. The maximum atomic E-state index is 12.4. The average Bonchev–Trinajstić information content (AvgIpc) is 3.64. The number of hydrogen-bond donors (Lipinski definition) is 1. The Kier molecular flexibility index (Phi) is 14.9. The molecule has 1 amide bonds. The van der Waals surface area contributed by atoms with Crippen LogP contribution in [0.15, 0.2) is 110 Å². The van der Waals surface area contributed by atoms with Crippen LogP contribution in [0.25, 0.3) is 11.5 Å². The monoisotopic (exact) mass is 685 g/mol. The number of carbonyl (C=O) groups excluding carboxylic acids is 1. The standard InChI is InChI=1S/C44H56N6O/c1-4-37(34-41(39-20-25-45-26-21-39)33-35(2)38-16-8-7-9-17-38)40-22-30-49(31-23-40)28-13-10-19-43(51)46-24-11-5-6-12-29-50-32-27-47-44(50)42-18-14-15-36(3)48-42/h7-9,14-18,20-23,25-27,30-32,35,37,41H,4-6,10-13,19,24,28-29,33-34H2,1-3H3/p+1. The Labute approximate surface area is 305 Å². The fourth-order valence-electron chi connectivity index (χ4n) is 7.17. The van der Waals surface area contributed by atoms with Crippen LogP contribution in [-0.4, -0.2) is 32.0 Å². The van der Waals surface area contributed by atoms with Crippen LogP contribution in [0.1, 0.15) is 118 Å². The molecule has 268 valence electrons. The van der Waals surface area contributed by atoms with Gasteiger partial charge < -0.3 is 9.88 Å². The highest BCUT2D eigenvalue weighted by Crippen LogP contribution is 2.38. The number of hydrogen-bond acceptors (Lipinski definition) is 4. The second kappa shape index (κ2) is 20.3. The predicted molar refractivity (Wildman–Crippen MR) is 206 cm³/mol. The van der Waals surface area contributed by atoms with Crippen LogP contribution in [0, 0.1) is 6.92 Å². The van der Waals surface area contributed by atoms with Crippen molar-refractivity contribution in [3.63, 3.8) is 0 Å². The summed E-state index contributed by atoms with van der Waals surface area (Å²) in [6.45, 7) is 9.28. The van der Waals surface area contributed by atoms with Crippen LogP contribution in [0.4, 0.5) is 0 Å². The molecule has 0 radical (unpaired) electrons. The number of imidazole rings is 1. The molecule has 4 heterocycles. The van der Waals surface area contributed by atoms with Crippen molar-refractivity contribution < 1.29 is 9.36 Å². The molecule has 0 fully saturated rings. The summed E-state index contributed by atoms with van der Waals surface area (Å²) in [4.78, 5) is 25.9. The molecule has 1 N–H and O–H groups in total. The fraction of sp³-hybridized carbons (Fsp3) is 0.432. The normalized spacial score (nSPS) is 13.1. The lowest BCUT2D eigenvalue weighted by Gasteiger charge is -2.26. The van der Waals surface area contributed by atoms with E-state index in [1.165, 1.54) is 16.7 Å². The fourth-order valence-corrected chi connectivity index (χ4v) is 7.17. The smallest absolute Gasteiger partial charge is 0.219 e. The van der Waals surface area contributed by atoms with Gasteiger partial charge in [-0.25, -0.2) is 14.5 Å². The van der Waals surface area contributed by atoms with E-state index in [0.29, 0.717) is 24.2 Å². The molecule has 5 rings (SSSR count). The summed E-state index contributed by atoms with van der Waals surface area (Å²) < 4.78 is 4.45. The van der Waals surface area contributed by atoms with Crippen molar-refractivity contribution in [1.82, 2.24) is 24.8 Å². The molecule has 0 aliphatic rings. The molecule has 51 heavy (non-hydrogen) atoms. The summed E-state index contributed by atoms with van der Waals surface area (Å²) in [5.74, 6) is 2.55. The van der Waals surface area contributed by atoms with Crippen LogP contribution >= 0.6 is 0 Å². The Morgan fingerprint density at radius 1 is 0.784 bits per heavy atom. The van der Waals surface area contributed by atoms with E-state index >= 15 is 0 Å². The molecular formula is C44H57N6O+. The number of carbonyl (C=O) groups is 1. The van der Waals surface area contributed by atoms with Crippen molar-refractivity contribution in [3.8, 4) is 11.5 Å². The predicted octanol–water partition coefficient (Wildman–Crippen LogP) is 9.34. The van der Waals surface area contributed by atoms with Gasteiger partial charge in [0.1, 0.15) is 12.2 Å². The van der Waals surface area contributed by atoms with Gasteiger partial charge in [-0.1, -0.05) is 63.1 Å². The number of aryl methyl sites for hydroxylation is 3. The van der Waals surface area contributed by atoms with Gasteiger partial charge in [-0.15, -0.1) is 0 Å². The number of amides is 1. The Hall–Kier alpha value is -4.65. The second-order valence-corrected chi connectivity index (χ2v) is 14.1. The number of aromatic nitrogens is 5. The molecule has 0 spiro atoms. The van der Waals surface area contributed by atoms with Gasteiger partial charge in [-0.05, 0) is 104 Å². The molecule has 5 aromatic rings. The number of rotatable bonds is 21. The molecule has 3 atom stereocenters. The Morgan fingerprint density at radius 2 is 1.55 bits per heavy atom. The van der Waals surface area contributed by atoms with Crippen molar-refractivity contribution in [1.29, 1.82) is 0 Å². The lowest BCUT2D eigenvalue weighted by molar-refractivity contribution is -0.697. The first-order valence-electron chi connectivity index (χ1n) is 19.2. The summed E-state index contributed by atoms with van der Waals surface area (Å²) in [7, 11) is 0. The molecule has 1 aromatic carbocycles. The van der Waals surface area contributed by atoms with Crippen molar-refractivity contribution in [2.75, 3.05) is 6.54 Å². The highest BCUT2D eigenvalue weighted by molar-refractivity contribution is 5.75. The van der Waals surface area contributed by atoms with Gasteiger partial charge >= 0.3 is 0 Å². The van der Waals surface area contributed by atoms with Gasteiger partial charge in [-0.2, -0.15) is 0 Å². The highest BCUT2D eigenvalue weighted by Gasteiger charge is 2.22. The van der Waals surface area contributed by atoms with E-state index in [0.717, 1.165) is 94.6 Å². The Balaban J connectivity index is 0.972. The SMILES string of the molecule is CCC(CC(CC(C)c1ccccc1)c1ccncc1)c1cc[n+](CCCCC(=O)NCCCCCCn2ccnc2-c2cccc(C)n2)cc1. The Morgan fingerprint density at radius 3 is 2.31 bits per heavy atom. The summed E-state index contributed by atoms with van der Waals surface area (Å²) in [5, 5.41) is 3.12. The molecule has 3 unspecified atom stereocenters. The van der Waals surface area contributed by atoms with E-state index in [1.807, 2.05) is 49.9 Å². The summed E-state index contributed by atoms with van der Waals surface area (Å²) in [6, 6.07) is 25.9. The summed E-state index contributed by atoms with van der Waals surface area (Å²) >= 11 is 0. The first kappa shape index (κ1) is 37.6. The molecule has 7 heteroatoms. The number of nitrogens with zero attached hydrogens (tertiary/aromatic N) is 5. The first-order chi connectivity index (χ1) is 25.0. The van der Waals surface area contributed by atoms with Crippen LogP contribution in [0.2, 0.25) is 0 Å². The highest BCUT2D eigenvalue weighted by atomic mass is 16.1. The lowest BCUT2D eigenvalue weighted by atomic mass is 9.79. The van der Waals surface area contributed by atoms with E-state index in [-0.39, 0.29) is 5.91 Å². The summed E-state index contributed by atoms with van der Waals surface area (Å²) in [6.07, 6.45) is 22.3. The van der Waals surface area contributed by atoms with E-state index in [4.69, 9.17) is 0 Å². The van der Waals surface area contributed by atoms with Crippen molar-refractivity contribution in [2.45, 2.75) is 116 Å². The number of pyridine rings is 3. The molecular weight excluding hydrogens is 629 g/mol. The minimum absolute atomic E-state index is 0.167. The quantitative estimate of drug-likeness (QED) is 0.0617. The van der Waals surface area contributed by atoms with Gasteiger partial charge in [0, 0.05) is 68.5 Å². The second-order valence-electron chi connectivity index (χ2n) is 14.1. The van der Waals surface area contributed by atoms with Gasteiger partial charge in [0.2, 0.25) is 5.91 Å². The number of nitrogens with one attached hydrogen (secondary N) is 1. The van der Waals surface area contributed by atoms with E-state index < -0.39 is 0 Å². The molecule has 0 aliphatic carbocycles. The van der Waals surface area contributed by atoms with Crippen molar-refractivity contribution in [2.24, 2.45) is 0 Å². The Bertz CT molecular complexity index is 1720. The summed E-state index contributed by atoms with van der Waals surface area (Å²) in [5.41, 5.74) is 6.12. The van der Waals surface area contributed by atoms with E-state index in [9.17, 15) is 4.79 Å². The molecule has 0 saturated heterocycles. The zero-order chi connectivity index (χ0) is 35.7. The number of unbranched alkanes of at least 4 members (excludes halogenated alkanes) is 4. The van der Waals surface area contributed by atoms with Gasteiger partial charge in [0.05, 0.1) is 0 Å². The maximum absolute atomic E-state index is 12.4. The van der Waals surface area contributed by atoms with Gasteiger partial charge in [0.25, 0.3) is 0 Å². The van der Waals surface area contributed by atoms with E-state index in [1.54, 1.807) is 0 Å². The average molecular weight is 686 g/mol. The van der Waals surface area contributed by atoms with Crippen LogP contribution in [0.5, 0.6) is 0 Å². The minimum Gasteiger partial charge on any atom is -0.356 e. The van der Waals surface area contributed by atoms with Crippen LogP contribution in [-0.2, 0) is 17.9 Å². The van der Waals surface area contributed by atoms with E-state index in [2.05, 4.69) is 110 Å². The minimum atomic E-state index is 0.167. The number of benzene rings is 1. The first-order valence-corrected chi connectivity index (χ1v) is 19.2. The van der Waals surface area contributed by atoms with Crippen molar-refractivity contribution in [3.05, 3.63) is 132 Å². The molecule has 7 nitrogen and oxygen atoms in total. The lowest BCUT2D eigenvalue weighted by Crippen LogP contribution is -2.33. The molecule has 0 saturated carbocycles. The third-order valence-electron chi connectivity index (χ3n) is 10.2. The zero-order valence-corrected chi connectivity index (χ0v) is 31.0. The van der Waals surface area contributed by atoms with Gasteiger partial charge in [0.15, 0.2) is 18.2 Å².